The predicted molar refractivity (Wildman–Crippen MR) is 114 cm³/mol. The first-order chi connectivity index (χ1) is 15.2. The summed E-state index contributed by atoms with van der Waals surface area (Å²) >= 11 is 0. The zero-order valence-electron chi connectivity index (χ0n) is 17.8. The maximum atomic E-state index is 13.0. The standard InChI is InChI=1S/C21H29N5O6/c1-12(21(31)32)24-19(29)16(11-17(22)27)26-20(30)15(10-13-6-3-2-4-7-13)25-18(28)14-8-5-9-23-14/h2-4,6-7,12,14-16,23H,5,8-11H2,1H3,(H2,22,27)(H,24,29)(H,25,28)(H,26,30)(H,31,32). The highest BCUT2D eigenvalue weighted by Gasteiger charge is 2.31. The Labute approximate surface area is 185 Å². The molecule has 4 amide bonds. The number of hydrogen-bond acceptors (Lipinski definition) is 6. The fraction of sp³-hybridized carbons (Fsp3) is 0.476. The smallest absolute Gasteiger partial charge is 0.325 e. The fourth-order valence-corrected chi connectivity index (χ4v) is 3.30. The Morgan fingerprint density at radius 3 is 2.28 bits per heavy atom. The molecule has 1 aliphatic rings. The van der Waals surface area contributed by atoms with Gasteiger partial charge in [0.15, 0.2) is 0 Å². The van der Waals surface area contributed by atoms with E-state index in [0.717, 1.165) is 12.0 Å². The molecule has 0 bridgehead atoms. The predicted octanol–water partition coefficient (Wildman–Crippen LogP) is -1.58. The largest absolute Gasteiger partial charge is 0.480 e. The molecule has 2 rings (SSSR count). The molecule has 1 saturated heterocycles. The first kappa shape index (κ1) is 24.8. The van der Waals surface area contributed by atoms with Crippen LogP contribution in [0.4, 0.5) is 0 Å². The maximum Gasteiger partial charge on any atom is 0.325 e. The van der Waals surface area contributed by atoms with Gasteiger partial charge in [0.2, 0.25) is 23.6 Å². The molecule has 1 aromatic carbocycles. The first-order valence-electron chi connectivity index (χ1n) is 10.4. The Bertz CT molecular complexity index is 840. The summed E-state index contributed by atoms with van der Waals surface area (Å²) in [6.07, 6.45) is 1.11. The number of hydrogen-bond donors (Lipinski definition) is 6. The minimum Gasteiger partial charge on any atom is -0.480 e. The van der Waals surface area contributed by atoms with E-state index < -0.39 is 54.3 Å². The topological polar surface area (TPSA) is 180 Å². The molecule has 1 fully saturated rings. The first-order valence-corrected chi connectivity index (χ1v) is 10.4. The van der Waals surface area contributed by atoms with Crippen molar-refractivity contribution in [3.8, 4) is 0 Å². The van der Waals surface area contributed by atoms with Gasteiger partial charge in [-0.05, 0) is 31.9 Å². The van der Waals surface area contributed by atoms with Crippen molar-refractivity contribution in [1.29, 1.82) is 0 Å². The molecule has 0 aliphatic carbocycles. The minimum absolute atomic E-state index is 0.154. The lowest BCUT2D eigenvalue weighted by molar-refractivity contribution is -0.142. The second-order valence-corrected chi connectivity index (χ2v) is 7.70. The summed E-state index contributed by atoms with van der Waals surface area (Å²) in [6.45, 7) is 1.95. The summed E-state index contributed by atoms with van der Waals surface area (Å²) in [6, 6.07) is 4.93. The molecule has 1 aliphatic heterocycles. The van der Waals surface area contributed by atoms with E-state index in [1.54, 1.807) is 24.3 Å². The van der Waals surface area contributed by atoms with Crippen LogP contribution in [0.1, 0.15) is 31.7 Å². The molecule has 0 spiro atoms. The number of nitrogens with one attached hydrogen (secondary N) is 4. The Kier molecular flexibility index (Phi) is 9.14. The lowest BCUT2D eigenvalue weighted by Crippen LogP contribution is -2.58. The number of carboxylic acid groups (broad SMARTS) is 1. The third kappa shape index (κ3) is 7.65. The Hall–Kier alpha value is -3.47. The summed E-state index contributed by atoms with van der Waals surface area (Å²) in [4.78, 5) is 60.5. The molecule has 11 heteroatoms. The number of aliphatic carboxylic acids is 1. The van der Waals surface area contributed by atoms with E-state index >= 15 is 0 Å². The van der Waals surface area contributed by atoms with E-state index in [2.05, 4.69) is 21.3 Å². The van der Waals surface area contributed by atoms with Crippen molar-refractivity contribution in [2.75, 3.05) is 6.54 Å². The van der Waals surface area contributed by atoms with Crippen molar-refractivity contribution in [3.63, 3.8) is 0 Å². The van der Waals surface area contributed by atoms with Crippen LogP contribution in [0.25, 0.3) is 0 Å². The molecule has 11 nitrogen and oxygen atoms in total. The van der Waals surface area contributed by atoms with Gasteiger partial charge in [-0.3, -0.25) is 24.0 Å². The van der Waals surface area contributed by atoms with Crippen LogP contribution in [-0.4, -0.2) is 65.4 Å². The van der Waals surface area contributed by atoms with Gasteiger partial charge >= 0.3 is 5.97 Å². The summed E-state index contributed by atoms with van der Waals surface area (Å²) in [7, 11) is 0. The Balaban J connectivity index is 2.16. The van der Waals surface area contributed by atoms with Crippen molar-refractivity contribution in [3.05, 3.63) is 35.9 Å². The number of carbonyl (C=O) groups excluding carboxylic acids is 4. The van der Waals surface area contributed by atoms with Crippen molar-refractivity contribution < 1.29 is 29.1 Å². The van der Waals surface area contributed by atoms with Gasteiger partial charge in [-0.2, -0.15) is 0 Å². The van der Waals surface area contributed by atoms with E-state index in [4.69, 9.17) is 10.8 Å². The molecule has 1 heterocycles. The SMILES string of the molecule is CC(NC(=O)C(CC(N)=O)NC(=O)C(Cc1ccccc1)NC(=O)C1CCCN1)C(=O)O. The van der Waals surface area contributed by atoms with Gasteiger partial charge in [0, 0.05) is 6.42 Å². The van der Waals surface area contributed by atoms with Gasteiger partial charge in [0.25, 0.3) is 0 Å². The average molecular weight is 447 g/mol. The van der Waals surface area contributed by atoms with E-state index in [1.165, 1.54) is 6.92 Å². The minimum atomic E-state index is -1.39. The van der Waals surface area contributed by atoms with Crippen LogP contribution < -0.4 is 27.0 Å². The maximum absolute atomic E-state index is 13.0. The van der Waals surface area contributed by atoms with Crippen molar-refractivity contribution in [2.45, 2.75) is 56.8 Å². The van der Waals surface area contributed by atoms with Gasteiger partial charge < -0.3 is 32.1 Å². The van der Waals surface area contributed by atoms with Crippen molar-refractivity contribution in [1.82, 2.24) is 21.3 Å². The molecule has 7 N–H and O–H groups in total. The average Bonchev–Trinajstić information content (AvgIpc) is 3.28. The van der Waals surface area contributed by atoms with Gasteiger partial charge in [-0.1, -0.05) is 30.3 Å². The third-order valence-electron chi connectivity index (χ3n) is 5.06. The number of carboxylic acids is 1. The summed E-state index contributed by atoms with van der Waals surface area (Å²) in [5.74, 6) is -4.03. The van der Waals surface area contributed by atoms with Gasteiger partial charge in [-0.25, -0.2) is 0 Å². The number of primary amides is 1. The van der Waals surface area contributed by atoms with Crippen LogP contribution in [0.2, 0.25) is 0 Å². The van der Waals surface area contributed by atoms with E-state index in [9.17, 15) is 24.0 Å². The number of benzene rings is 1. The van der Waals surface area contributed by atoms with E-state index in [0.29, 0.717) is 13.0 Å². The molecular formula is C21H29N5O6. The number of amides is 4. The monoisotopic (exact) mass is 447 g/mol. The van der Waals surface area contributed by atoms with Crippen LogP contribution in [0, 0.1) is 0 Å². The molecule has 4 atom stereocenters. The van der Waals surface area contributed by atoms with Gasteiger partial charge in [-0.15, -0.1) is 0 Å². The summed E-state index contributed by atoms with van der Waals surface area (Å²) in [5, 5.41) is 19.4. The zero-order valence-corrected chi connectivity index (χ0v) is 17.8. The molecular weight excluding hydrogens is 418 g/mol. The van der Waals surface area contributed by atoms with Gasteiger partial charge in [0.1, 0.15) is 18.1 Å². The van der Waals surface area contributed by atoms with Crippen LogP contribution in [0.3, 0.4) is 0 Å². The van der Waals surface area contributed by atoms with Crippen molar-refractivity contribution in [2.24, 2.45) is 5.73 Å². The van der Waals surface area contributed by atoms with Crippen LogP contribution in [0.15, 0.2) is 30.3 Å². The van der Waals surface area contributed by atoms with Crippen LogP contribution in [-0.2, 0) is 30.4 Å². The van der Waals surface area contributed by atoms with E-state index in [1.807, 2.05) is 6.07 Å². The molecule has 0 aromatic heterocycles. The molecule has 1 aromatic rings. The quantitative estimate of drug-likeness (QED) is 0.237. The molecule has 4 unspecified atom stereocenters. The molecule has 32 heavy (non-hydrogen) atoms. The highest BCUT2D eigenvalue weighted by atomic mass is 16.4. The summed E-state index contributed by atoms with van der Waals surface area (Å²) < 4.78 is 0. The number of carbonyl (C=O) groups is 5. The molecule has 174 valence electrons. The third-order valence-corrected chi connectivity index (χ3v) is 5.06. The lowest BCUT2D eigenvalue weighted by Gasteiger charge is -2.24. The number of rotatable bonds is 11. The second kappa shape index (κ2) is 11.8. The van der Waals surface area contributed by atoms with Crippen LogP contribution in [0.5, 0.6) is 0 Å². The van der Waals surface area contributed by atoms with E-state index in [-0.39, 0.29) is 12.3 Å². The zero-order chi connectivity index (χ0) is 23.7. The van der Waals surface area contributed by atoms with Gasteiger partial charge in [0.05, 0.1) is 12.5 Å². The lowest BCUT2D eigenvalue weighted by atomic mass is 10.0. The highest BCUT2D eigenvalue weighted by Crippen LogP contribution is 2.08. The normalized spacial score (nSPS) is 18.1. The second-order valence-electron chi connectivity index (χ2n) is 7.70. The highest BCUT2D eigenvalue weighted by molar-refractivity contribution is 5.96. The summed E-state index contributed by atoms with van der Waals surface area (Å²) in [5.41, 5.74) is 5.98. The van der Waals surface area contributed by atoms with Crippen molar-refractivity contribution >= 4 is 29.6 Å². The Morgan fingerprint density at radius 1 is 1.06 bits per heavy atom. The fourth-order valence-electron chi connectivity index (χ4n) is 3.30. The molecule has 0 radical (unpaired) electrons. The number of nitrogens with two attached hydrogens (primary N) is 1. The Morgan fingerprint density at radius 2 is 1.72 bits per heavy atom. The van der Waals surface area contributed by atoms with Crippen LogP contribution >= 0.6 is 0 Å². The molecule has 0 saturated carbocycles.